The van der Waals surface area contributed by atoms with Crippen molar-refractivity contribution in [3.05, 3.63) is 65.4 Å². The van der Waals surface area contributed by atoms with Crippen LogP contribution in [-0.2, 0) is 6.18 Å². The molecule has 0 aliphatic rings. The number of carboxylic acids is 1. The lowest BCUT2D eigenvalue weighted by atomic mass is 10.1. The second-order valence-electron chi connectivity index (χ2n) is 6.33. The monoisotopic (exact) mass is 447 g/mol. The number of benzene rings is 2. The minimum Gasteiger partial charge on any atom is -0.495 e. The van der Waals surface area contributed by atoms with Gasteiger partial charge in [-0.1, -0.05) is 12.1 Å². The number of aromatic nitrogens is 2. The van der Waals surface area contributed by atoms with Crippen LogP contribution in [0.25, 0.3) is 0 Å². The number of nitrogens with one attached hydrogen (secondary N) is 2. The fraction of sp³-hybridized carbons (Fsp3) is 0.100. The van der Waals surface area contributed by atoms with Crippen molar-refractivity contribution in [2.24, 2.45) is 5.73 Å². The highest BCUT2D eigenvalue weighted by Crippen LogP contribution is 2.36. The first-order chi connectivity index (χ1) is 15.1. The number of hydrogen-bond acceptors (Lipinski definition) is 7. The summed E-state index contributed by atoms with van der Waals surface area (Å²) in [4.78, 5) is 30.9. The number of alkyl halides is 3. The molecule has 9 nitrogen and oxygen atoms in total. The maximum absolute atomic E-state index is 13.3. The summed E-state index contributed by atoms with van der Waals surface area (Å²) in [6.07, 6.45) is -3.60. The average molecular weight is 447 g/mol. The highest BCUT2D eigenvalue weighted by Gasteiger charge is 2.33. The van der Waals surface area contributed by atoms with E-state index in [9.17, 15) is 22.8 Å². The van der Waals surface area contributed by atoms with E-state index in [1.165, 1.54) is 43.5 Å². The number of anilines is 4. The molecular weight excluding hydrogens is 431 g/mol. The number of nitrogens with two attached hydrogens (primary N) is 1. The van der Waals surface area contributed by atoms with Gasteiger partial charge in [0.15, 0.2) is 0 Å². The molecule has 0 unspecified atom stereocenters. The molecule has 0 saturated heterocycles. The van der Waals surface area contributed by atoms with Gasteiger partial charge in [-0.15, -0.1) is 0 Å². The summed E-state index contributed by atoms with van der Waals surface area (Å²) in [5, 5.41) is 14.4. The van der Waals surface area contributed by atoms with Gasteiger partial charge in [-0.2, -0.15) is 18.2 Å². The summed E-state index contributed by atoms with van der Waals surface area (Å²) in [5.41, 5.74) is 4.03. The maximum Gasteiger partial charge on any atom is 0.418 e. The van der Waals surface area contributed by atoms with Crippen LogP contribution in [0.2, 0.25) is 0 Å². The molecule has 0 atom stereocenters. The van der Waals surface area contributed by atoms with E-state index in [-0.39, 0.29) is 40.0 Å². The fourth-order valence-electron chi connectivity index (χ4n) is 2.73. The molecule has 1 amide bonds. The molecule has 3 aromatic rings. The molecule has 3 rings (SSSR count). The van der Waals surface area contributed by atoms with Crippen molar-refractivity contribution in [3.63, 3.8) is 0 Å². The Morgan fingerprint density at radius 1 is 1.09 bits per heavy atom. The van der Waals surface area contributed by atoms with E-state index in [0.29, 0.717) is 0 Å². The molecule has 0 spiro atoms. The topological polar surface area (TPSA) is 139 Å². The third-order valence-electron chi connectivity index (χ3n) is 4.23. The van der Waals surface area contributed by atoms with Crippen LogP contribution in [-0.4, -0.2) is 34.1 Å². The molecule has 12 heteroatoms. The number of carbonyl (C=O) groups is 2. The Bertz CT molecular complexity index is 1180. The molecule has 5 N–H and O–H groups in total. The number of amides is 1. The Morgan fingerprint density at radius 2 is 1.81 bits per heavy atom. The lowest BCUT2D eigenvalue weighted by Crippen LogP contribution is -2.17. The number of rotatable bonds is 7. The molecular formula is C20H16F3N5O4. The van der Waals surface area contributed by atoms with Crippen molar-refractivity contribution in [1.29, 1.82) is 0 Å². The summed E-state index contributed by atoms with van der Waals surface area (Å²) in [6.45, 7) is 0. The second kappa shape index (κ2) is 8.79. The van der Waals surface area contributed by atoms with Gasteiger partial charge in [-0.3, -0.25) is 4.79 Å². The molecule has 166 valence electrons. The number of hydrogen-bond donors (Lipinski definition) is 4. The van der Waals surface area contributed by atoms with Gasteiger partial charge >= 0.3 is 12.1 Å². The first kappa shape index (κ1) is 22.3. The number of primary amides is 1. The Hall–Kier alpha value is -4.35. The Kier molecular flexibility index (Phi) is 6.14. The van der Waals surface area contributed by atoms with Crippen molar-refractivity contribution in [1.82, 2.24) is 9.97 Å². The van der Waals surface area contributed by atoms with Crippen LogP contribution >= 0.6 is 0 Å². The average Bonchev–Trinajstić information content (AvgIpc) is 2.73. The van der Waals surface area contributed by atoms with Crippen LogP contribution in [0.1, 0.15) is 26.3 Å². The van der Waals surface area contributed by atoms with Crippen molar-refractivity contribution < 1.29 is 32.6 Å². The maximum atomic E-state index is 13.3. The van der Waals surface area contributed by atoms with Gasteiger partial charge in [-0.25, -0.2) is 9.78 Å². The number of ether oxygens (including phenoxy) is 1. The predicted molar refractivity (Wildman–Crippen MR) is 109 cm³/mol. The van der Waals surface area contributed by atoms with Crippen LogP contribution in [0, 0.1) is 0 Å². The lowest BCUT2D eigenvalue weighted by Gasteiger charge is -2.16. The van der Waals surface area contributed by atoms with E-state index in [1.54, 1.807) is 0 Å². The third-order valence-corrected chi connectivity index (χ3v) is 4.23. The minimum absolute atomic E-state index is 0.0245. The van der Waals surface area contributed by atoms with Crippen LogP contribution in [0.15, 0.2) is 48.7 Å². The van der Waals surface area contributed by atoms with Crippen molar-refractivity contribution in [3.8, 4) is 5.75 Å². The van der Waals surface area contributed by atoms with E-state index < -0.39 is 23.6 Å². The van der Waals surface area contributed by atoms with Crippen LogP contribution in [0.4, 0.5) is 36.3 Å². The molecule has 1 heterocycles. The number of methoxy groups -OCH3 is 1. The van der Waals surface area contributed by atoms with Crippen LogP contribution in [0.5, 0.6) is 5.75 Å². The molecule has 0 saturated carbocycles. The number of para-hydroxylation sites is 1. The number of nitrogens with zero attached hydrogens (tertiary/aromatic N) is 2. The molecule has 0 radical (unpaired) electrons. The van der Waals surface area contributed by atoms with E-state index in [1.807, 2.05) is 0 Å². The highest BCUT2D eigenvalue weighted by atomic mass is 19.4. The van der Waals surface area contributed by atoms with Gasteiger partial charge in [0.25, 0.3) is 5.91 Å². The summed E-state index contributed by atoms with van der Waals surface area (Å²) in [5.74, 6) is -2.32. The summed E-state index contributed by atoms with van der Waals surface area (Å²) in [6, 6.07) is 8.64. The van der Waals surface area contributed by atoms with E-state index >= 15 is 0 Å². The number of aromatic carboxylic acids is 1. The van der Waals surface area contributed by atoms with Gasteiger partial charge in [0.2, 0.25) is 5.95 Å². The van der Waals surface area contributed by atoms with Gasteiger partial charge in [0, 0.05) is 6.20 Å². The van der Waals surface area contributed by atoms with Gasteiger partial charge in [0.05, 0.1) is 29.6 Å². The smallest absolute Gasteiger partial charge is 0.418 e. The molecule has 32 heavy (non-hydrogen) atoms. The Morgan fingerprint density at radius 3 is 2.44 bits per heavy atom. The largest absolute Gasteiger partial charge is 0.495 e. The molecule has 2 aromatic carbocycles. The summed E-state index contributed by atoms with van der Waals surface area (Å²) < 4.78 is 45.1. The normalized spacial score (nSPS) is 11.0. The SMILES string of the molecule is COc1cc(C(=O)O)ccc1Nc1ncc(C(N)=O)c(Nc2ccccc2C(F)(F)F)n1. The van der Waals surface area contributed by atoms with E-state index in [4.69, 9.17) is 15.6 Å². The highest BCUT2D eigenvalue weighted by molar-refractivity contribution is 5.98. The van der Waals surface area contributed by atoms with Crippen LogP contribution in [0.3, 0.4) is 0 Å². The first-order valence-electron chi connectivity index (χ1n) is 8.88. The Balaban J connectivity index is 2.00. The molecule has 0 aliphatic carbocycles. The summed E-state index contributed by atoms with van der Waals surface area (Å²) >= 11 is 0. The van der Waals surface area contributed by atoms with Crippen LogP contribution < -0.4 is 21.1 Å². The number of carbonyl (C=O) groups excluding carboxylic acids is 1. The van der Waals surface area contributed by atoms with Crippen molar-refractivity contribution in [2.75, 3.05) is 17.7 Å². The number of halogens is 3. The quantitative estimate of drug-likeness (QED) is 0.429. The van der Waals surface area contributed by atoms with Gasteiger partial charge in [-0.05, 0) is 30.3 Å². The van der Waals surface area contributed by atoms with Crippen molar-refractivity contribution in [2.45, 2.75) is 6.18 Å². The molecule has 0 aliphatic heterocycles. The van der Waals surface area contributed by atoms with Gasteiger partial charge in [0.1, 0.15) is 17.1 Å². The van der Waals surface area contributed by atoms with E-state index in [2.05, 4.69) is 20.6 Å². The predicted octanol–water partition coefficient (Wildman–Crippen LogP) is 3.79. The fourth-order valence-corrected chi connectivity index (χ4v) is 2.73. The molecule has 0 bridgehead atoms. The lowest BCUT2D eigenvalue weighted by molar-refractivity contribution is -0.136. The number of carboxylic acid groups (broad SMARTS) is 1. The second-order valence-corrected chi connectivity index (χ2v) is 6.33. The Labute approximate surface area is 179 Å². The summed E-state index contributed by atoms with van der Waals surface area (Å²) in [7, 11) is 1.32. The molecule has 1 aromatic heterocycles. The zero-order chi connectivity index (χ0) is 23.5. The van der Waals surface area contributed by atoms with Gasteiger partial charge < -0.3 is 26.2 Å². The first-order valence-corrected chi connectivity index (χ1v) is 8.88. The minimum atomic E-state index is -4.65. The molecule has 0 fully saturated rings. The van der Waals surface area contributed by atoms with E-state index in [0.717, 1.165) is 12.3 Å². The zero-order valence-electron chi connectivity index (χ0n) is 16.4. The third kappa shape index (κ3) is 4.86. The van der Waals surface area contributed by atoms with Crippen molar-refractivity contribution >= 4 is 35.0 Å². The zero-order valence-corrected chi connectivity index (χ0v) is 16.4. The standard InChI is InChI=1S/C20H16F3N5O4/c1-32-15-8-10(18(30)31)6-7-14(15)27-19-25-9-11(16(24)29)17(28-19)26-13-5-3-2-4-12(13)20(21,22)23/h2-9H,1H3,(H2,24,29)(H,30,31)(H2,25,26,27,28).